The molecular formula is C46H55ClN10O8. The molecule has 2 aliphatic heterocycles. The number of halogens is 1. The molecule has 6 aliphatic rings. The third-order valence-electron chi connectivity index (χ3n) is 13.6. The van der Waals surface area contributed by atoms with Crippen LogP contribution in [0.25, 0.3) is 0 Å². The molecule has 0 bridgehead atoms. The number of nitrogen functional groups attached to an aromatic ring is 1. The number of benzene rings is 2. The van der Waals surface area contributed by atoms with E-state index in [0.717, 1.165) is 68.1 Å². The van der Waals surface area contributed by atoms with Crippen molar-refractivity contribution in [3.8, 4) is 11.5 Å². The molecule has 0 atom stereocenters. The molecule has 4 aromatic rings. The summed E-state index contributed by atoms with van der Waals surface area (Å²) in [6, 6.07) is 9.78. The van der Waals surface area contributed by atoms with Crippen molar-refractivity contribution >= 4 is 75.7 Å². The van der Waals surface area contributed by atoms with Crippen molar-refractivity contribution in [3.63, 3.8) is 0 Å². The highest BCUT2D eigenvalue weighted by molar-refractivity contribution is 6.28. The van der Waals surface area contributed by atoms with Crippen molar-refractivity contribution in [3.05, 3.63) is 65.2 Å². The Morgan fingerprint density at radius 3 is 1.66 bits per heavy atom. The van der Waals surface area contributed by atoms with Gasteiger partial charge in [0.2, 0.25) is 23.0 Å². The van der Waals surface area contributed by atoms with E-state index in [4.69, 9.17) is 36.9 Å². The minimum atomic E-state index is -1.02. The molecule has 2 spiro atoms. The summed E-state index contributed by atoms with van der Waals surface area (Å²) >= 11 is 6.02. The number of carboxylic acid groups (broad SMARTS) is 2. The molecule has 0 unspecified atom stereocenters. The molecular weight excluding hydrogens is 856 g/mol. The summed E-state index contributed by atoms with van der Waals surface area (Å²) < 4.78 is 10.2. The van der Waals surface area contributed by atoms with Crippen LogP contribution in [0.3, 0.4) is 0 Å². The average Bonchev–Trinajstić information content (AvgIpc) is 4.14. The third-order valence-corrected chi connectivity index (χ3v) is 13.8. The summed E-state index contributed by atoms with van der Waals surface area (Å²) in [7, 11) is 6.57. The first-order chi connectivity index (χ1) is 31.2. The highest BCUT2D eigenvalue weighted by atomic mass is 35.5. The number of fused-ring (bicyclic) bond motifs is 2. The van der Waals surface area contributed by atoms with Gasteiger partial charge in [-0.05, 0) is 99.4 Å². The number of amides is 2. The quantitative estimate of drug-likeness (QED) is 0.103. The fraction of sp³-hybridized carbons (Fsp3) is 0.478. The largest absolute Gasteiger partial charge is 0.495 e. The molecule has 4 aliphatic carbocycles. The number of nitrogens with zero attached hydrogens (tertiary/aromatic N) is 8. The first-order valence-corrected chi connectivity index (χ1v) is 22.4. The van der Waals surface area contributed by atoms with Crippen LogP contribution in [-0.2, 0) is 9.59 Å². The summed E-state index contributed by atoms with van der Waals surface area (Å²) in [4.78, 5) is 73.6. The lowest BCUT2D eigenvalue weighted by molar-refractivity contribution is -0.123. The van der Waals surface area contributed by atoms with Crippen LogP contribution in [0.5, 0.6) is 11.5 Å². The Morgan fingerprint density at radius 2 is 1.18 bits per heavy atom. The SMILES string of the molecule is CN1C(=O)C2(CC2)CN(C2CCCC2)c2nc(Cl)ncc21.COc1cc(C(=O)O)ccc1N.COc1cc(C(=O)O)ccc1Nc1ncc2c(n1)N(C1CCCC1)CC1(CC1)C(=O)N2C. The van der Waals surface area contributed by atoms with E-state index in [1.807, 2.05) is 14.1 Å². The zero-order chi connectivity index (χ0) is 46.2. The van der Waals surface area contributed by atoms with Crippen molar-refractivity contribution in [1.29, 1.82) is 0 Å². The molecule has 4 heterocycles. The lowest BCUT2D eigenvalue weighted by atomic mass is 10.0. The maximum absolute atomic E-state index is 13.2. The Kier molecular flexibility index (Phi) is 12.7. The fourth-order valence-electron chi connectivity index (χ4n) is 9.51. The lowest BCUT2D eigenvalue weighted by Crippen LogP contribution is -2.41. The number of nitrogens with two attached hydrogens (primary N) is 1. The lowest BCUT2D eigenvalue weighted by Gasteiger charge is -2.31. The van der Waals surface area contributed by atoms with E-state index in [9.17, 15) is 24.3 Å². The summed E-state index contributed by atoms with van der Waals surface area (Å²) in [6.07, 6.45) is 16.6. The van der Waals surface area contributed by atoms with Crippen LogP contribution in [0, 0.1) is 10.8 Å². The van der Waals surface area contributed by atoms with E-state index in [-0.39, 0.29) is 39.1 Å². The standard InChI is InChI=1S/C23H27N5O4.C15H19ClN4O.C8H9NO3/c1-27-17-12-24-22(25-16-8-7-14(20(29)30)11-18(16)32-2)26-19(17)28(15-5-3-4-6-15)13-23(9-10-23)21(27)31;1-19-11-8-17-14(16)18-12(11)20(10-4-2-3-5-10)9-15(6-7-15)13(19)21;1-12-7-4-5(8(10)11)2-3-6(7)9/h7-8,11-12,15H,3-6,9-10,13H2,1-2H3,(H,29,30)(H,24,25,26);8,10H,2-7,9H2,1H3;2-4H,9H2,1H3,(H,10,11). The molecule has 2 aromatic heterocycles. The van der Waals surface area contributed by atoms with E-state index in [1.54, 1.807) is 28.3 Å². The van der Waals surface area contributed by atoms with Gasteiger partial charge in [-0.15, -0.1) is 0 Å². The van der Waals surface area contributed by atoms with Gasteiger partial charge in [-0.25, -0.2) is 19.6 Å². The maximum Gasteiger partial charge on any atom is 0.335 e. The summed E-state index contributed by atoms with van der Waals surface area (Å²) in [5.41, 5.74) is 7.80. The van der Waals surface area contributed by atoms with Gasteiger partial charge >= 0.3 is 11.9 Å². The molecule has 19 heteroatoms. The Labute approximate surface area is 382 Å². The second-order valence-electron chi connectivity index (χ2n) is 17.8. The number of ether oxygens (including phenoxy) is 2. The van der Waals surface area contributed by atoms with Crippen LogP contribution in [0.1, 0.15) is 97.8 Å². The molecule has 344 valence electrons. The van der Waals surface area contributed by atoms with Crippen LogP contribution in [0.2, 0.25) is 5.28 Å². The Bertz CT molecular complexity index is 2490. The minimum Gasteiger partial charge on any atom is -0.495 e. The molecule has 2 aromatic carbocycles. The van der Waals surface area contributed by atoms with E-state index in [0.29, 0.717) is 47.5 Å². The number of nitrogens with one attached hydrogen (secondary N) is 1. The fourth-order valence-corrected chi connectivity index (χ4v) is 9.64. The van der Waals surface area contributed by atoms with Crippen molar-refractivity contribution in [1.82, 2.24) is 19.9 Å². The number of aromatic carboxylic acids is 2. The van der Waals surface area contributed by atoms with E-state index in [1.165, 1.54) is 83.1 Å². The smallest absolute Gasteiger partial charge is 0.335 e. The third kappa shape index (κ3) is 9.13. The number of methoxy groups -OCH3 is 2. The second-order valence-corrected chi connectivity index (χ2v) is 18.1. The Morgan fingerprint density at radius 1 is 0.723 bits per heavy atom. The summed E-state index contributed by atoms with van der Waals surface area (Å²) in [5.74, 6) is 1.09. The van der Waals surface area contributed by atoms with Crippen LogP contribution in [0.4, 0.5) is 40.3 Å². The number of carboxylic acids is 2. The monoisotopic (exact) mass is 910 g/mol. The van der Waals surface area contributed by atoms with Gasteiger partial charge in [-0.1, -0.05) is 25.7 Å². The van der Waals surface area contributed by atoms with Gasteiger partial charge in [0.15, 0.2) is 11.6 Å². The highest BCUT2D eigenvalue weighted by Crippen LogP contribution is 2.54. The van der Waals surface area contributed by atoms with Gasteiger partial charge in [0.1, 0.15) is 22.9 Å². The molecule has 4 fully saturated rings. The van der Waals surface area contributed by atoms with Gasteiger partial charge < -0.3 is 50.3 Å². The summed E-state index contributed by atoms with van der Waals surface area (Å²) in [6.45, 7) is 1.47. The summed E-state index contributed by atoms with van der Waals surface area (Å²) in [5, 5.41) is 21.2. The number of hydrogen-bond donors (Lipinski definition) is 4. The van der Waals surface area contributed by atoms with Gasteiger partial charge in [0.25, 0.3) is 0 Å². The number of rotatable bonds is 8. The minimum absolute atomic E-state index is 0.137. The van der Waals surface area contributed by atoms with E-state index in [2.05, 4.69) is 30.1 Å². The average molecular weight is 911 g/mol. The molecule has 0 saturated heterocycles. The molecule has 0 radical (unpaired) electrons. The van der Waals surface area contributed by atoms with Crippen molar-refractivity contribution in [2.45, 2.75) is 89.1 Å². The zero-order valence-electron chi connectivity index (χ0n) is 37.0. The topological polar surface area (TPSA) is 230 Å². The van der Waals surface area contributed by atoms with Crippen LogP contribution < -0.4 is 40.1 Å². The van der Waals surface area contributed by atoms with Crippen LogP contribution in [0.15, 0.2) is 48.8 Å². The normalized spacial score (nSPS) is 19.3. The molecule has 18 nitrogen and oxygen atoms in total. The number of carbonyl (C=O) groups excluding carboxylic acids is 2. The van der Waals surface area contributed by atoms with Crippen molar-refractivity contribution < 1.29 is 38.9 Å². The molecule has 10 rings (SSSR count). The molecule has 65 heavy (non-hydrogen) atoms. The highest BCUT2D eigenvalue weighted by Gasteiger charge is 2.56. The van der Waals surface area contributed by atoms with Gasteiger partial charge in [-0.3, -0.25) is 9.59 Å². The van der Waals surface area contributed by atoms with Crippen molar-refractivity contribution in [2.75, 3.05) is 72.1 Å². The number of anilines is 7. The number of carbonyl (C=O) groups is 4. The molecule has 5 N–H and O–H groups in total. The predicted molar refractivity (Wildman–Crippen MR) is 246 cm³/mol. The van der Waals surface area contributed by atoms with Crippen LogP contribution in [-0.4, -0.2) is 107 Å². The van der Waals surface area contributed by atoms with Gasteiger partial charge in [0, 0.05) is 39.3 Å². The molecule has 2 amide bonds. The Hall–Kier alpha value is -6.43. The second kappa shape index (κ2) is 18.2. The number of hydrogen-bond acceptors (Lipinski definition) is 14. The Balaban J connectivity index is 0.000000149. The molecule has 4 saturated carbocycles. The van der Waals surface area contributed by atoms with Crippen LogP contribution >= 0.6 is 11.6 Å². The first-order valence-electron chi connectivity index (χ1n) is 22.0. The number of aromatic nitrogens is 4. The zero-order valence-corrected chi connectivity index (χ0v) is 37.8. The predicted octanol–water partition coefficient (Wildman–Crippen LogP) is 7.04. The van der Waals surface area contributed by atoms with E-state index >= 15 is 0 Å². The van der Waals surface area contributed by atoms with Crippen molar-refractivity contribution in [2.24, 2.45) is 10.8 Å². The first kappa shape index (κ1) is 45.1. The maximum atomic E-state index is 13.2. The van der Waals surface area contributed by atoms with Gasteiger partial charge in [0.05, 0.1) is 59.9 Å². The van der Waals surface area contributed by atoms with Gasteiger partial charge in [-0.2, -0.15) is 9.97 Å². The van der Waals surface area contributed by atoms with E-state index < -0.39 is 11.9 Å².